The van der Waals surface area contributed by atoms with Crippen molar-refractivity contribution in [2.75, 3.05) is 0 Å². The van der Waals surface area contributed by atoms with E-state index in [4.69, 9.17) is 11.6 Å². The number of halogens is 2. The molecule has 4 nitrogen and oxygen atoms in total. The van der Waals surface area contributed by atoms with Crippen LogP contribution in [-0.2, 0) is 4.79 Å². The van der Waals surface area contributed by atoms with Crippen molar-refractivity contribution in [3.8, 4) is 0 Å². The summed E-state index contributed by atoms with van der Waals surface area (Å²) in [6, 6.07) is 4.97. The van der Waals surface area contributed by atoms with Crippen LogP contribution in [0.1, 0.15) is 30.1 Å². The third-order valence-corrected chi connectivity index (χ3v) is 4.70. The van der Waals surface area contributed by atoms with Gasteiger partial charge < -0.3 is 10.4 Å². The molecule has 0 aromatic heterocycles. The number of carboxylic acid groups (broad SMARTS) is 1. The first-order chi connectivity index (χ1) is 8.86. The van der Waals surface area contributed by atoms with Crippen LogP contribution in [0, 0.1) is 5.92 Å². The third kappa shape index (κ3) is 2.77. The number of carbonyl (C=O) groups excluding carboxylic acids is 1. The minimum Gasteiger partial charge on any atom is -0.480 e. The van der Waals surface area contributed by atoms with Crippen LogP contribution in [-0.4, -0.2) is 22.5 Å². The van der Waals surface area contributed by atoms with Gasteiger partial charge in [0.05, 0.1) is 10.6 Å². The van der Waals surface area contributed by atoms with Crippen LogP contribution in [0.15, 0.2) is 22.7 Å². The number of hydrogen-bond donors (Lipinski definition) is 2. The second-order valence-corrected chi connectivity index (χ2v) is 6.07. The molecule has 0 spiro atoms. The van der Waals surface area contributed by atoms with Gasteiger partial charge in [-0.2, -0.15) is 0 Å². The molecule has 0 heterocycles. The molecule has 1 fully saturated rings. The highest BCUT2D eigenvalue weighted by atomic mass is 79.9. The fourth-order valence-electron chi connectivity index (χ4n) is 1.97. The molecule has 2 N–H and O–H groups in total. The van der Waals surface area contributed by atoms with Gasteiger partial charge in [-0.25, -0.2) is 4.79 Å². The predicted molar refractivity (Wildman–Crippen MR) is 75.4 cm³/mol. The van der Waals surface area contributed by atoms with E-state index in [0.29, 0.717) is 4.47 Å². The number of hydrogen-bond acceptors (Lipinski definition) is 2. The summed E-state index contributed by atoms with van der Waals surface area (Å²) in [6.45, 7) is 1.54. The molecule has 1 aromatic rings. The van der Waals surface area contributed by atoms with E-state index in [0.717, 1.165) is 12.8 Å². The molecule has 1 aliphatic carbocycles. The largest absolute Gasteiger partial charge is 0.480 e. The number of nitrogens with one attached hydrogen (secondary N) is 1. The fourth-order valence-corrected chi connectivity index (χ4v) is 2.55. The zero-order chi connectivity index (χ0) is 14.2. The van der Waals surface area contributed by atoms with E-state index >= 15 is 0 Å². The second kappa shape index (κ2) is 5.13. The average Bonchev–Trinajstić information content (AvgIpc) is 3.16. The first-order valence-corrected chi connectivity index (χ1v) is 7.03. The zero-order valence-electron chi connectivity index (χ0n) is 10.2. The molecule has 0 aliphatic heterocycles. The molecule has 19 heavy (non-hydrogen) atoms. The Morgan fingerprint density at radius 1 is 1.47 bits per heavy atom. The summed E-state index contributed by atoms with van der Waals surface area (Å²) in [5.74, 6) is -1.50. The van der Waals surface area contributed by atoms with Gasteiger partial charge in [0.2, 0.25) is 0 Å². The van der Waals surface area contributed by atoms with Crippen LogP contribution in [0.4, 0.5) is 0 Å². The fraction of sp³-hybridized carbons (Fsp3) is 0.385. The molecule has 0 saturated heterocycles. The van der Waals surface area contributed by atoms with E-state index < -0.39 is 17.4 Å². The van der Waals surface area contributed by atoms with Gasteiger partial charge >= 0.3 is 5.97 Å². The minimum atomic E-state index is -1.23. The number of rotatable bonds is 4. The SMILES string of the molecule is CC(NC(=O)c1cccc(Br)c1Cl)(C(=O)O)C1CC1. The van der Waals surface area contributed by atoms with E-state index in [1.165, 1.54) is 6.92 Å². The first-order valence-electron chi connectivity index (χ1n) is 5.86. The monoisotopic (exact) mass is 345 g/mol. The number of aliphatic carboxylic acids is 1. The first kappa shape index (κ1) is 14.3. The standard InChI is InChI=1S/C13H13BrClNO3/c1-13(12(18)19,7-5-6-7)16-11(17)8-3-2-4-9(14)10(8)15/h2-4,7H,5-6H2,1H3,(H,16,17)(H,18,19). The van der Waals surface area contributed by atoms with Crippen molar-refractivity contribution in [1.29, 1.82) is 0 Å². The third-order valence-electron chi connectivity index (χ3n) is 3.41. The van der Waals surface area contributed by atoms with Crippen molar-refractivity contribution in [3.05, 3.63) is 33.3 Å². The lowest BCUT2D eigenvalue weighted by Gasteiger charge is -2.26. The Balaban J connectivity index is 2.25. The number of benzene rings is 1. The maximum Gasteiger partial charge on any atom is 0.329 e. The van der Waals surface area contributed by atoms with Crippen LogP contribution in [0.2, 0.25) is 5.02 Å². The summed E-state index contributed by atoms with van der Waals surface area (Å²) < 4.78 is 0.602. The van der Waals surface area contributed by atoms with Gasteiger partial charge in [0.25, 0.3) is 5.91 Å². The van der Waals surface area contributed by atoms with E-state index in [-0.39, 0.29) is 16.5 Å². The highest BCUT2D eigenvalue weighted by Gasteiger charge is 2.48. The number of carboxylic acids is 1. The van der Waals surface area contributed by atoms with Crippen LogP contribution in [0.5, 0.6) is 0 Å². The van der Waals surface area contributed by atoms with E-state index in [9.17, 15) is 14.7 Å². The molecule has 1 aliphatic rings. The van der Waals surface area contributed by atoms with Crippen molar-refractivity contribution >= 4 is 39.4 Å². The van der Waals surface area contributed by atoms with Gasteiger partial charge in [-0.05, 0) is 53.7 Å². The molecular formula is C13H13BrClNO3. The van der Waals surface area contributed by atoms with Crippen LogP contribution in [0.3, 0.4) is 0 Å². The molecule has 102 valence electrons. The van der Waals surface area contributed by atoms with Gasteiger partial charge in [0.15, 0.2) is 0 Å². The summed E-state index contributed by atoms with van der Waals surface area (Å²) in [5.41, 5.74) is -0.966. The van der Waals surface area contributed by atoms with Gasteiger partial charge in [-0.15, -0.1) is 0 Å². The Morgan fingerprint density at radius 3 is 2.63 bits per heavy atom. The van der Waals surface area contributed by atoms with Crippen molar-refractivity contribution < 1.29 is 14.7 Å². The number of carbonyl (C=O) groups is 2. The van der Waals surface area contributed by atoms with Crippen LogP contribution in [0.25, 0.3) is 0 Å². The smallest absolute Gasteiger partial charge is 0.329 e. The second-order valence-electron chi connectivity index (χ2n) is 4.84. The summed E-state index contributed by atoms with van der Waals surface area (Å²) in [6.07, 6.45) is 1.63. The summed E-state index contributed by atoms with van der Waals surface area (Å²) in [7, 11) is 0. The highest BCUT2D eigenvalue weighted by molar-refractivity contribution is 9.10. The van der Waals surface area contributed by atoms with Gasteiger partial charge in [-0.3, -0.25) is 4.79 Å². The molecule has 1 unspecified atom stereocenters. The topological polar surface area (TPSA) is 66.4 Å². The molecule has 0 bridgehead atoms. The van der Waals surface area contributed by atoms with Gasteiger partial charge in [-0.1, -0.05) is 17.7 Å². The Labute approximate surface area is 124 Å². The lowest BCUT2D eigenvalue weighted by Crippen LogP contribution is -2.54. The van der Waals surface area contributed by atoms with E-state index in [2.05, 4.69) is 21.2 Å². The van der Waals surface area contributed by atoms with E-state index in [1.807, 2.05) is 0 Å². The van der Waals surface area contributed by atoms with Gasteiger partial charge in [0, 0.05) is 4.47 Å². The molecule has 1 atom stereocenters. The summed E-state index contributed by atoms with van der Waals surface area (Å²) in [4.78, 5) is 23.6. The Kier molecular flexibility index (Phi) is 3.87. The summed E-state index contributed by atoms with van der Waals surface area (Å²) >= 11 is 9.27. The molecule has 1 saturated carbocycles. The lowest BCUT2D eigenvalue weighted by atomic mass is 9.95. The van der Waals surface area contributed by atoms with Crippen LogP contribution >= 0.6 is 27.5 Å². The van der Waals surface area contributed by atoms with Crippen LogP contribution < -0.4 is 5.32 Å². The normalized spacial score (nSPS) is 17.6. The molecule has 1 amide bonds. The molecule has 0 radical (unpaired) electrons. The summed E-state index contributed by atoms with van der Waals surface area (Å²) in [5, 5.41) is 12.2. The highest BCUT2D eigenvalue weighted by Crippen LogP contribution is 2.40. The number of amides is 1. The predicted octanol–water partition coefficient (Wildman–Crippen LogP) is 3.09. The maximum absolute atomic E-state index is 12.2. The quantitative estimate of drug-likeness (QED) is 0.880. The van der Waals surface area contributed by atoms with Crippen molar-refractivity contribution in [3.63, 3.8) is 0 Å². The van der Waals surface area contributed by atoms with Crippen molar-refractivity contribution in [1.82, 2.24) is 5.32 Å². The molecule has 6 heteroatoms. The molecule has 1 aromatic carbocycles. The van der Waals surface area contributed by atoms with Gasteiger partial charge in [0.1, 0.15) is 5.54 Å². The van der Waals surface area contributed by atoms with Crippen molar-refractivity contribution in [2.24, 2.45) is 5.92 Å². The van der Waals surface area contributed by atoms with Crippen molar-refractivity contribution in [2.45, 2.75) is 25.3 Å². The Morgan fingerprint density at radius 2 is 2.11 bits per heavy atom. The zero-order valence-corrected chi connectivity index (χ0v) is 12.6. The average molecular weight is 347 g/mol. The Bertz CT molecular complexity index is 545. The molecular weight excluding hydrogens is 334 g/mol. The minimum absolute atomic E-state index is 0.0140. The lowest BCUT2D eigenvalue weighted by molar-refractivity contribution is -0.144. The Hall–Kier alpha value is -1.07. The molecule has 2 rings (SSSR count). The maximum atomic E-state index is 12.2. The van der Waals surface area contributed by atoms with E-state index in [1.54, 1.807) is 18.2 Å².